The summed E-state index contributed by atoms with van der Waals surface area (Å²) in [5, 5.41) is 0. The van der Waals surface area contributed by atoms with E-state index in [-0.39, 0.29) is 6.04 Å². The number of hydrogen-bond donors (Lipinski definition) is 1. The average molecular weight is 315 g/mol. The molecule has 1 fully saturated rings. The Balaban J connectivity index is 1.90. The van der Waals surface area contributed by atoms with Crippen molar-refractivity contribution in [2.45, 2.75) is 37.6 Å². The maximum Gasteiger partial charge on any atom is 0.241 e. The van der Waals surface area contributed by atoms with Gasteiger partial charge in [0, 0.05) is 6.04 Å². The molecular weight excluding hydrogens is 294 g/mol. The van der Waals surface area contributed by atoms with Gasteiger partial charge >= 0.3 is 0 Å². The SMILES string of the molecule is Cc1ccc(S(=O)(=O)N[C@H](c2ccccc2)C2CC2)cc1C. The number of sulfonamides is 1. The number of benzene rings is 2. The summed E-state index contributed by atoms with van der Waals surface area (Å²) in [4.78, 5) is 0.345. The number of nitrogens with one attached hydrogen (secondary N) is 1. The molecule has 2 aromatic carbocycles. The van der Waals surface area contributed by atoms with Gasteiger partial charge < -0.3 is 0 Å². The van der Waals surface area contributed by atoms with Gasteiger partial charge in [-0.15, -0.1) is 0 Å². The van der Waals surface area contributed by atoms with Crippen LogP contribution in [0.3, 0.4) is 0 Å². The van der Waals surface area contributed by atoms with Gasteiger partial charge in [0.25, 0.3) is 0 Å². The van der Waals surface area contributed by atoms with Crippen LogP contribution in [-0.4, -0.2) is 8.42 Å². The predicted molar refractivity (Wildman–Crippen MR) is 88.1 cm³/mol. The van der Waals surface area contributed by atoms with E-state index >= 15 is 0 Å². The third-order valence-electron chi connectivity index (χ3n) is 4.32. The fraction of sp³-hybridized carbons (Fsp3) is 0.333. The van der Waals surface area contributed by atoms with Crippen LogP contribution in [0.5, 0.6) is 0 Å². The van der Waals surface area contributed by atoms with E-state index in [0.717, 1.165) is 29.5 Å². The molecule has 3 rings (SSSR count). The van der Waals surface area contributed by atoms with E-state index in [1.54, 1.807) is 12.1 Å². The highest BCUT2D eigenvalue weighted by Gasteiger charge is 2.35. The van der Waals surface area contributed by atoms with Crippen molar-refractivity contribution in [2.75, 3.05) is 0 Å². The molecule has 1 N–H and O–H groups in total. The Bertz CT molecular complexity index is 765. The molecule has 0 saturated heterocycles. The van der Waals surface area contributed by atoms with E-state index in [4.69, 9.17) is 0 Å². The van der Waals surface area contributed by atoms with Crippen molar-refractivity contribution in [3.05, 3.63) is 65.2 Å². The Morgan fingerprint density at radius 3 is 2.27 bits per heavy atom. The molecule has 1 aliphatic rings. The molecule has 116 valence electrons. The molecule has 1 aliphatic carbocycles. The monoisotopic (exact) mass is 315 g/mol. The summed E-state index contributed by atoms with van der Waals surface area (Å²) in [7, 11) is -3.50. The summed E-state index contributed by atoms with van der Waals surface area (Å²) in [5.41, 5.74) is 3.13. The van der Waals surface area contributed by atoms with Crippen LogP contribution in [0.4, 0.5) is 0 Å². The molecule has 0 aliphatic heterocycles. The highest BCUT2D eigenvalue weighted by Crippen LogP contribution is 2.41. The zero-order valence-electron chi connectivity index (χ0n) is 12.9. The predicted octanol–water partition coefficient (Wildman–Crippen LogP) is 3.73. The first-order valence-corrected chi connectivity index (χ1v) is 9.10. The van der Waals surface area contributed by atoms with Crippen molar-refractivity contribution in [3.8, 4) is 0 Å². The minimum Gasteiger partial charge on any atom is -0.207 e. The van der Waals surface area contributed by atoms with Crippen LogP contribution in [0, 0.1) is 19.8 Å². The van der Waals surface area contributed by atoms with Crippen LogP contribution >= 0.6 is 0 Å². The minimum absolute atomic E-state index is 0.132. The van der Waals surface area contributed by atoms with Gasteiger partial charge in [0.15, 0.2) is 0 Å². The van der Waals surface area contributed by atoms with Crippen LogP contribution in [-0.2, 0) is 10.0 Å². The molecule has 0 unspecified atom stereocenters. The van der Waals surface area contributed by atoms with Gasteiger partial charge in [0.05, 0.1) is 4.90 Å². The second kappa shape index (κ2) is 5.86. The summed E-state index contributed by atoms with van der Waals surface area (Å²) in [6.45, 7) is 3.92. The lowest BCUT2D eigenvalue weighted by Gasteiger charge is -2.19. The van der Waals surface area contributed by atoms with Crippen LogP contribution in [0.1, 0.15) is 35.6 Å². The zero-order chi connectivity index (χ0) is 15.7. The molecular formula is C18H21NO2S. The van der Waals surface area contributed by atoms with E-state index < -0.39 is 10.0 Å². The van der Waals surface area contributed by atoms with Crippen molar-refractivity contribution >= 4 is 10.0 Å². The van der Waals surface area contributed by atoms with Crippen molar-refractivity contribution in [1.29, 1.82) is 0 Å². The molecule has 3 nitrogen and oxygen atoms in total. The minimum atomic E-state index is -3.50. The molecule has 0 radical (unpaired) electrons. The molecule has 0 spiro atoms. The van der Waals surface area contributed by atoms with Crippen LogP contribution in [0.25, 0.3) is 0 Å². The van der Waals surface area contributed by atoms with Crippen molar-refractivity contribution in [3.63, 3.8) is 0 Å². The van der Waals surface area contributed by atoms with Gasteiger partial charge in [-0.05, 0) is 61.4 Å². The second-order valence-corrected chi connectivity index (χ2v) is 7.81. The average Bonchev–Trinajstić information content (AvgIpc) is 3.33. The maximum absolute atomic E-state index is 12.7. The second-order valence-electron chi connectivity index (χ2n) is 6.09. The lowest BCUT2D eigenvalue weighted by molar-refractivity contribution is 0.529. The Morgan fingerprint density at radius 2 is 1.68 bits per heavy atom. The van der Waals surface area contributed by atoms with E-state index in [0.29, 0.717) is 10.8 Å². The van der Waals surface area contributed by atoms with E-state index in [9.17, 15) is 8.42 Å². The Kier molecular flexibility index (Phi) is 4.06. The summed E-state index contributed by atoms with van der Waals surface area (Å²) in [6, 6.07) is 15.0. The van der Waals surface area contributed by atoms with Gasteiger partial charge in [0.2, 0.25) is 10.0 Å². The van der Waals surface area contributed by atoms with Gasteiger partial charge in [-0.1, -0.05) is 36.4 Å². The summed E-state index contributed by atoms with van der Waals surface area (Å²) < 4.78 is 28.3. The standard InChI is InChI=1S/C18H21NO2S/c1-13-8-11-17(12-14(13)2)22(20,21)19-18(16-9-10-16)15-6-4-3-5-7-15/h3-8,11-12,16,18-19H,9-10H2,1-2H3/t18-/m1/s1. The number of hydrogen-bond acceptors (Lipinski definition) is 2. The third-order valence-corrected chi connectivity index (χ3v) is 5.76. The topological polar surface area (TPSA) is 46.2 Å². The van der Waals surface area contributed by atoms with Crippen LogP contribution < -0.4 is 4.72 Å². The van der Waals surface area contributed by atoms with Gasteiger partial charge in [-0.25, -0.2) is 13.1 Å². The largest absolute Gasteiger partial charge is 0.241 e. The molecule has 0 heterocycles. The highest BCUT2D eigenvalue weighted by molar-refractivity contribution is 7.89. The molecule has 4 heteroatoms. The maximum atomic E-state index is 12.7. The number of aryl methyl sites for hydroxylation is 2. The smallest absolute Gasteiger partial charge is 0.207 e. The van der Waals surface area contributed by atoms with Crippen molar-refractivity contribution < 1.29 is 8.42 Å². The lowest BCUT2D eigenvalue weighted by atomic mass is 10.0. The lowest BCUT2D eigenvalue weighted by Crippen LogP contribution is -2.30. The molecule has 1 atom stereocenters. The molecule has 22 heavy (non-hydrogen) atoms. The van der Waals surface area contributed by atoms with E-state index in [1.807, 2.05) is 50.2 Å². The van der Waals surface area contributed by atoms with Crippen LogP contribution in [0.15, 0.2) is 53.4 Å². The first-order valence-electron chi connectivity index (χ1n) is 7.62. The third kappa shape index (κ3) is 3.23. The molecule has 0 aromatic heterocycles. The van der Waals surface area contributed by atoms with E-state index in [1.165, 1.54) is 0 Å². The first kappa shape index (κ1) is 15.3. The molecule has 0 amide bonds. The summed E-state index contributed by atoms with van der Waals surface area (Å²) in [6.07, 6.45) is 2.16. The summed E-state index contributed by atoms with van der Waals surface area (Å²) in [5.74, 6) is 0.406. The highest BCUT2D eigenvalue weighted by atomic mass is 32.2. The van der Waals surface area contributed by atoms with Crippen molar-refractivity contribution in [1.82, 2.24) is 4.72 Å². The fourth-order valence-corrected chi connectivity index (χ4v) is 4.02. The Labute approximate surface area is 132 Å². The Morgan fingerprint density at radius 1 is 1.00 bits per heavy atom. The first-order chi connectivity index (χ1) is 10.5. The van der Waals surface area contributed by atoms with Gasteiger partial charge in [0.1, 0.15) is 0 Å². The molecule has 2 aromatic rings. The van der Waals surface area contributed by atoms with E-state index in [2.05, 4.69) is 4.72 Å². The van der Waals surface area contributed by atoms with Gasteiger partial charge in [-0.2, -0.15) is 0 Å². The van der Waals surface area contributed by atoms with Crippen LogP contribution in [0.2, 0.25) is 0 Å². The Hall–Kier alpha value is -1.65. The van der Waals surface area contributed by atoms with Crippen molar-refractivity contribution in [2.24, 2.45) is 5.92 Å². The molecule has 0 bridgehead atoms. The number of rotatable bonds is 5. The molecule has 1 saturated carbocycles. The zero-order valence-corrected chi connectivity index (χ0v) is 13.7. The quantitative estimate of drug-likeness (QED) is 0.914. The summed E-state index contributed by atoms with van der Waals surface area (Å²) >= 11 is 0. The van der Waals surface area contributed by atoms with Gasteiger partial charge in [-0.3, -0.25) is 0 Å². The fourth-order valence-electron chi connectivity index (χ4n) is 2.64. The normalized spacial score (nSPS) is 16.5.